The largest absolute Gasteiger partial charge is 0.465 e. The molecule has 0 spiro atoms. The van der Waals surface area contributed by atoms with Crippen molar-refractivity contribution in [3.05, 3.63) is 28.3 Å². The number of benzene rings is 1. The zero-order chi connectivity index (χ0) is 14.9. The number of esters is 1. The van der Waals surface area contributed by atoms with Crippen LogP contribution in [0.4, 0.5) is 5.69 Å². The molecule has 110 valence electrons. The van der Waals surface area contributed by atoms with Crippen molar-refractivity contribution >= 4 is 33.3 Å². The van der Waals surface area contributed by atoms with Crippen LogP contribution in [0.3, 0.4) is 0 Å². The molecule has 1 saturated carbocycles. The molecule has 1 aromatic carbocycles. The number of carbonyl (C=O) groups is 1. The van der Waals surface area contributed by atoms with Crippen LogP contribution in [0.1, 0.15) is 35.7 Å². The van der Waals surface area contributed by atoms with E-state index in [0.717, 1.165) is 0 Å². The quantitative estimate of drug-likeness (QED) is 0.847. The van der Waals surface area contributed by atoms with E-state index in [1.54, 1.807) is 6.07 Å². The van der Waals surface area contributed by atoms with Gasteiger partial charge < -0.3 is 4.74 Å². The summed E-state index contributed by atoms with van der Waals surface area (Å²) in [5.74, 6) is -0.615. The molecule has 0 bridgehead atoms. The summed E-state index contributed by atoms with van der Waals surface area (Å²) in [4.78, 5) is 11.8. The minimum Gasteiger partial charge on any atom is -0.465 e. The lowest BCUT2D eigenvalue weighted by Crippen LogP contribution is -2.21. The summed E-state index contributed by atoms with van der Waals surface area (Å²) >= 11 is 5.96. The fourth-order valence-corrected chi connectivity index (χ4v) is 3.63. The first-order chi connectivity index (χ1) is 9.39. The van der Waals surface area contributed by atoms with Gasteiger partial charge in [-0.3, -0.25) is 4.72 Å². The summed E-state index contributed by atoms with van der Waals surface area (Å²) < 4.78 is 31.4. The van der Waals surface area contributed by atoms with Gasteiger partial charge in [0, 0.05) is 5.02 Å². The Bertz CT molecular complexity index is 638. The predicted octanol–water partition coefficient (Wildman–Crippen LogP) is 2.59. The molecule has 1 N–H and O–H groups in total. The lowest BCUT2D eigenvalue weighted by Gasteiger charge is -2.15. The topological polar surface area (TPSA) is 72.5 Å². The minimum absolute atomic E-state index is 0.140. The number of halogens is 1. The van der Waals surface area contributed by atoms with Gasteiger partial charge in [-0.25, -0.2) is 13.2 Å². The Labute approximate surface area is 123 Å². The zero-order valence-corrected chi connectivity index (χ0v) is 12.8. The highest BCUT2D eigenvalue weighted by molar-refractivity contribution is 7.93. The molecule has 20 heavy (non-hydrogen) atoms. The maximum atomic E-state index is 12.1. The maximum absolute atomic E-state index is 12.1. The molecule has 5 nitrogen and oxygen atoms in total. The Hall–Kier alpha value is -1.27. The predicted molar refractivity (Wildman–Crippen MR) is 77.7 cm³/mol. The highest BCUT2D eigenvalue weighted by Gasteiger charge is 2.36. The standard InChI is InChI=1S/C13H16ClNO4S/c1-3-8-6-9(14)7-11(13(16)19-2)12(8)15-20(17,18)10-4-5-10/h6-7,10,15H,3-5H2,1-2H3. The highest BCUT2D eigenvalue weighted by Crippen LogP contribution is 2.33. The molecule has 0 atom stereocenters. The molecule has 0 amide bonds. The molecule has 1 aliphatic carbocycles. The number of nitrogens with one attached hydrogen (secondary N) is 1. The second kappa shape index (κ2) is 5.61. The zero-order valence-electron chi connectivity index (χ0n) is 11.3. The van der Waals surface area contributed by atoms with Crippen LogP contribution in [0.25, 0.3) is 0 Å². The number of hydrogen-bond acceptors (Lipinski definition) is 4. The third kappa shape index (κ3) is 3.07. The van der Waals surface area contributed by atoms with Crippen molar-refractivity contribution in [2.45, 2.75) is 31.4 Å². The van der Waals surface area contributed by atoms with Gasteiger partial charge in [0.05, 0.1) is 23.6 Å². The summed E-state index contributed by atoms with van der Waals surface area (Å²) in [6.07, 6.45) is 1.85. The van der Waals surface area contributed by atoms with Crippen LogP contribution in [0.5, 0.6) is 0 Å². The highest BCUT2D eigenvalue weighted by atomic mass is 35.5. The number of carbonyl (C=O) groups excluding carboxylic acids is 1. The molecular weight excluding hydrogens is 302 g/mol. The third-order valence-corrected chi connectivity index (χ3v) is 5.23. The number of ether oxygens (including phenoxy) is 1. The molecule has 2 rings (SSSR count). The number of anilines is 1. The van der Waals surface area contributed by atoms with Crippen LogP contribution in [-0.4, -0.2) is 26.7 Å². The van der Waals surface area contributed by atoms with Gasteiger partial charge in [0.25, 0.3) is 0 Å². The SMILES string of the molecule is CCc1cc(Cl)cc(C(=O)OC)c1NS(=O)(=O)C1CC1. The minimum atomic E-state index is -3.45. The molecule has 0 unspecified atom stereocenters. The molecule has 1 aliphatic rings. The van der Waals surface area contributed by atoms with Gasteiger partial charge in [-0.2, -0.15) is 0 Å². The summed E-state index contributed by atoms with van der Waals surface area (Å²) in [6, 6.07) is 3.07. The Balaban J connectivity index is 2.50. The van der Waals surface area contributed by atoms with Crippen molar-refractivity contribution < 1.29 is 17.9 Å². The molecule has 0 aliphatic heterocycles. The van der Waals surface area contributed by atoms with E-state index in [-0.39, 0.29) is 16.5 Å². The number of sulfonamides is 1. The Morgan fingerprint density at radius 2 is 2.10 bits per heavy atom. The van der Waals surface area contributed by atoms with Crippen molar-refractivity contribution in [3.8, 4) is 0 Å². The van der Waals surface area contributed by atoms with Crippen LogP contribution in [0.2, 0.25) is 5.02 Å². The van der Waals surface area contributed by atoms with Gasteiger partial charge in [-0.15, -0.1) is 0 Å². The van der Waals surface area contributed by atoms with Crippen molar-refractivity contribution in [3.63, 3.8) is 0 Å². The van der Waals surface area contributed by atoms with E-state index in [1.165, 1.54) is 13.2 Å². The van der Waals surface area contributed by atoms with Gasteiger partial charge in [0.15, 0.2) is 0 Å². The lowest BCUT2D eigenvalue weighted by atomic mass is 10.1. The van der Waals surface area contributed by atoms with Gasteiger partial charge >= 0.3 is 5.97 Å². The number of aryl methyl sites for hydroxylation is 1. The molecule has 0 saturated heterocycles. The summed E-state index contributed by atoms with van der Waals surface area (Å²) in [7, 11) is -2.21. The third-order valence-electron chi connectivity index (χ3n) is 3.18. The average molecular weight is 318 g/mol. The van der Waals surface area contributed by atoms with E-state index in [4.69, 9.17) is 11.6 Å². The van der Waals surface area contributed by atoms with E-state index in [0.29, 0.717) is 29.8 Å². The molecule has 0 heterocycles. The van der Waals surface area contributed by atoms with Crippen LogP contribution in [-0.2, 0) is 21.2 Å². The van der Waals surface area contributed by atoms with Gasteiger partial charge in [-0.1, -0.05) is 18.5 Å². The smallest absolute Gasteiger partial charge is 0.340 e. The summed E-state index contributed by atoms with van der Waals surface area (Å²) in [5.41, 5.74) is 1.08. The first kappa shape index (κ1) is 15.1. The van der Waals surface area contributed by atoms with E-state index in [2.05, 4.69) is 9.46 Å². The molecule has 1 aromatic rings. The van der Waals surface area contributed by atoms with E-state index >= 15 is 0 Å². The van der Waals surface area contributed by atoms with Crippen molar-refractivity contribution in [1.82, 2.24) is 0 Å². The van der Waals surface area contributed by atoms with Gasteiger partial charge in [0.2, 0.25) is 10.0 Å². The summed E-state index contributed by atoms with van der Waals surface area (Å²) in [5, 5.41) is 0.00463. The molecule has 0 aromatic heterocycles. The summed E-state index contributed by atoms with van der Waals surface area (Å²) in [6.45, 7) is 1.86. The van der Waals surface area contributed by atoms with Crippen LogP contribution in [0, 0.1) is 0 Å². The second-order valence-corrected chi connectivity index (χ2v) is 7.08. The average Bonchev–Trinajstić information content (AvgIpc) is 3.23. The monoisotopic (exact) mass is 317 g/mol. The molecular formula is C13H16ClNO4S. The first-order valence-electron chi connectivity index (χ1n) is 6.31. The molecule has 1 fully saturated rings. The Morgan fingerprint density at radius 1 is 1.45 bits per heavy atom. The maximum Gasteiger partial charge on any atom is 0.340 e. The normalized spacial score (nSPS) is 14.9. The van der Waals surface area contributed by atoms with E-state index in [9.17, 15) is 13.2 Å². The Kier molecular flexibility index (Phi) is 4.25. The fraction of sp³-hybridized carbons (Fsp3) is 0.462. The van der Waals surface area contributed by atoms with E-state index in [1.807, 2.05) is 6.92 Å². The Morgan fingerprint density at radius 3 is 2.60 bits per heavy atom. The fourth-order valence-electron chi connectivity index (χ4n) is 1.94. The van der Waals surface area contributed by atoms with Gasteiger partial charge in [0.1, 0.15) is 0 Å². The molecule has 7 heteroatoms. The second-order valence-electron chi connectivity index (χ2n) is 4.68. The van der Waals surface area contributed by atoms with Crippen molar-refractivity contribution in [2.24, 2.45) is 0 Å². The van der Waals surface area contributed by atoms with E-state index < -0.39 is 16.0 Å². The first-order valence-corrected chi connectivity index (χ1v) is 8.23. The van der Waals surface area contributed by atoms with Crippen LogP contribution in [0.15, 0.2) is 12.1 Å². The van der Waals surface area contributed by atoms with Crippen molar-refractivity contribution in [2.75, 3.05) is 11.8 Å². The van der Waals surface area contributed by atoms with Crippen LogP contribution >= 0.6 is 11.6 Å². The molecule has 0 radical (unpaired) electrons. The number of hydrogen-bond donors (Lipinski definition) is 1. The van der Waals surface area contributed by atoms with Gasteiger partial charge in [-0.05, 0) is 37.0 Å². The lowest BCUT2D eigenvalue weighted by molar-refractivity contribution is 0.0602. The van der Waals surface area contributed by atoms with Crippen LogP contribution < -0.4 is 4.72 Å². The number of rotatable bonds is 5. The number of methoxy groups -OCH3 is 1. The van der Waals surface area contributed by atoms with Crippen molar-refractivity contribution in [1.29, 1.82) is 0 Å².